The molecule has 0 bridgehead atoms. The van der Waals surface area contributed by atoms with Gasteiger partial charge in [0.05, 0.1) is 12.8 Å². The maximum absolute atomic E-state index is 5.26. The zero-order valence-electron chi connectivity index (χ0n) is 11.6. The van der Waals surface area contributed by atoms with E-state index in [1.807, 2.05) is 6.07 Å². The normalized spacial score (nSPS) is 11.6. The summed E-state index contributed by atoms with van der Waals surface area (Å²) >= 11 is 0. The Kier molecular flexibility index (Phi) is 4.94. The summed E-state index contributed by atoms with van der Waals surface area (Å²) in [5.41, 5.74) is 2.36. The molecule has 0 aliphatic rings. The third kappa shape index (κ3) is 4.35. The van der Waals surface area contributed by atoms with Gasteiger partial charge < -0.3 is 10.1 Å². The molecule has 0 aliphatic carbocycles. The molecule has 0 unspecified atom stereocenters. The number of hydrogen-bond donors (Lipinski definition) is 1. The van der Waals surface area contributed by atoms with Crippen molar-refractivity contribution < 1.29 is 4.74 Å². The van der Waals surface area contributed by atoms with Crippen molar-refractivity contribution in [1.82, 2.24) is 10.3 Å². The van der Waals surface area contributed by atoms with E-state index in [0.29, 0.717) is 5.88 Å². The van der Waals surface area contributed by atoms with Crippen molar-refractivity contribution in [2.45, 2.75) is 46.1 Å². The Bertz CT molecular complexity index is 356. The molecular formula is C14H24N2O. The Hall–Kier alpha value is -1.09. The first kappa shape index (κ1) is 14.0. The second kappa shape index (κ2) is 6.01. The van der Waals surface area contributed by atoms with E-state index in [4.69, 9.17) is 4.74 Å². The molecule has 1 N–H and O–H groups in total. The zero-order chi connectivity index (χ0) is 12.9. The second-order valence-electron chi connectivity index (χ2n) is 5.33. The fraction of sp³-hybridized carbons (Fsp3) is 0.643. The van der Waals surface area contributed by atoms with Gasteiger partial charge in [-0.15, -0.1) is 0 Å². The summed E-state index contributed by atoms with van der Waals surface area (Å²) in [6.07, 6.45) is 1.15. The molecule has 0 radical (unpaired) electrons. The molecule has 0 fully saturated rings. The van der Waals surface area contributed by atoms with Crippen LogP contribution in [0.3, 0.4) is 0 Å². The molecule has 1 aromatic rings. The van der Waals surface area contributed by atoms with Crippen LogP contribution in [0.15, 0.2) is 12.1 Å². The highest BCUT2D eigenvalue weighted by Gasteiger charge is 2.17. The van der Waals surface area contributed by atoms with E-state index in [2.05, 4.69) is 44.1 Å². The van der Waals surface area contributed by atoms with Crippen LogP contribution in [-0.2, 0) is 12.0 Å². The predicted octanol–water partition coefficient (Wildman–Crippen LogP) is 2.89. The van der Waals surface area contributed by atoms with Gasteiger partial charge in [0.25, 0.3) is 0 Å². The zero-order valence-corrected chi connectivity index (χ0v) is 11.6. The van der Waals surface area contributed by atoms with Gasteiger partial charge in [-0.25, -0.2) is 4.98 Å². The Morgan fingerprint density at radius 3 is 2.53 bits per heavy atom. The molecule has 0 saturated carbocycles. The van der Waals surface area contributed by atoms with Gasteiger partial charge in [0.2, 0.25) is 5.88 Å². The van der Waals surface area contributed by atoms with Crippen molar-refractivity contribution in [2.24, 2.45) is 0 Å². The van der Waals surface area contributed by atoms with Crippen LogP contribution in [0.1, 0.15) is 45.4 Å². The van der Waals surface area contributed by atoms with Gasteiger partial charge in [-0.2, -0.15) is 0 Å². The lowest BCUT2D eigenvalue weighted by molar-refractivity contribution is 0.391. The molecule has 1 aromatic heterocycles. The summed E-state index contributed by atoms with van der Waals surface area (Å²) < 4.78 is 5.26. The average molecular weight is 236 g/mol. The van der Waals surface area contributed by atoms with E-state index in [1.165, 1.54) is 5.56 Å². The summed E-state index contributed by atoms with van der Waals surface area (Å²) in [7, 11) is 1.66. The van der Waals surface area contributed by atoms with Crippen molar-refractivity contribution >= 4 is 0 Å². The lowest BCUT2D eigenvalue weighted by atomic mass is 9.91. The molecule has 0 saturated heterocycles. The number of pyridine rings is 1. The number of methoxy groups -OCH3 is 1. The van der Waals surface area contributed by atoms with Gasteiger partial charge >= 0.3 is 0 Å². The maximum atomic E-state index is 5.26. The lowest BCUT2D eigenvalue weighted by Gasteiger charge is -2.19. The molecule has 0 atom stereocenters. The Labute approximate surface area is 105 Å². The van der Waals surface area contributed by atoms with Crippen LogP contribution in [0.25, 0.3) is 0 Å². The predicted molar refractivity (Wildman–Crippen MR) is 71.5 cm³/mol. The van der Waals surface area contributed by atoms with Crippen LogP contribution >= 0.6 is 0 Å². The fourth-order valence-corrected chi connectivity index (χ4v) is 1.56. The molecule has 0 amide bonds. The highest BCUT2D eigenvalue weighted by atomic mass is 16.5. The molecule has 17 heavy (non-hydrogen) atoms. The van der Waals surface area contributed by atoms with Gasteiger partial charge in [-0.05, 0) is 24.6 Å². The van der Waals surface area contributed by atoms with Crippen LogP contribution in [0.4, 0.5) is 0 Å². The topological polar surface area (TPSA) is 34.1 Å². The van der Waals surface area contributed by atoms with Crippen LogP contribution in [0, 0.1) is 0 Å². The summed E-state index contributed by atoms with van der Waals surface area (Å²) in [5.74, 6) is 0.700. The molecule has 0 aromatic carbocycles. The highest BCUT2D eigenvalue weighted by Crippen LogP contribution is 2.24. The summed E-state index contributed by atoms with van der Waals surface area (Å²) in [6, 6.07) is 4.16. The Morgan fingerprint density at radius 1 is 1.29 bits per heavy atom. The third-order valence-electron chi connectivity index (χ3n) is 2.60. The second-order valence-corrected chi connectivity index (χ2v) is 5.33. The van der Waals surface area contributed by atoms with E-state index in [9.17, 15) is 0 Å². The van der Waals surface area contributed by atoms with Gasteiger partial charge in [0.15, 0.2) is 0 Å². The number of rotatable bonds is 5. The van der Waals surface area contributed by atoms with Crippen LogP contribution in [0.2, 0.25) is 0 Å². The standard InChI is InChI=1S/C14H24N2O/c1-6-7-15-10-11-8-12(14(2,3)4)16-13(9-11)17-5/h8-9,15H,6-7,10H2,1-5H3. The third-order valence-corrected chi connectivity index (χ3v) is 2.60. The minimum atomic E-state index is 0.0496. The van der Waals surface area contributed by atoms with Gasteiger partial charge in [-0.1, -0.05) is 27.7 Å². The van der Waals surface area contributed by atoms with E-state index < -0.39 is 0 Å². The van der Waals surface area contributed by atoms with Crippen LogP contribution in [0.5, 0.6) is 5.88 Å². The SMILES string of the molecule is CCCNCc1cc(OC)nc(C(C)(C)C)c1. The molecular weight excluding hydrogens is 212 g/mol. The highest BCUT2D eigenvalue weighted by molar-refractivity contribution is 5.28. The lowest BCUT2D eigenvalue weighted by Crippen LogP contribution is -2.17. The number of ether oxygens (including phenoxy) is 1. The molecule has 0 spiro atoms. The van der Waals surface area contributed by atoms with Crippen LogP contribution in [-0.4, -0.2) is 18.6 Å². The molecule has 3 heteroatoms. The number of nitrogens with one attached hydrogen (secondary N) is 1. The maximum Gasteiger partial charge on any atom is 0.213 e. The van der Waals surface area contributed by atoms with E-state index in [1.54, 1.807) is 7.11 Å². The first-order valence-corrected chi connectivity index (χ1v) is 6.23. The minimum Gasteiger partial charge on any atom is -0.481 e. The fourth-order valence-electron chi connectivity index (χ4n) is 1.56. The number of hydrogen-bond acceptors (Lipinski definition) is 3. The largest absolute Gasteiger partial charge is 0.481 e. The summed E-state index contributed by atoms with van der Waals surface area (Å²) in [5, 5.41) is 3.40. The van der Waals surface area contributed by atoms with Gasteiger partial charge in [0, 0.05) is 18.0 Å². The molecule has 3 nitrogen and oxygen atoms in total. The minimum absolute atomic E-state index is 0.0496. The number of nitrogens with zero attached hydrogens (tertiary/aromatic N) is 1. The van der Waals surface area contributed by atoms with Crippen molar-refractivity contribution in [3.05, 3.63) is 23.4 Å². The Balaban J connectivity index is 2.89. The van der Waals surface area contributed by atoms with Crippen molar-refractivity contribution in [3.8, 4) is 5.88 Å². The molecule has 0 aliphatic heterocycles. The van der Waals surface area contributed by atoms with E-state index in [0.717, 1.165) is 25.2 Å². The van der Waals surface area contributed by atoms with Crippen molar-refractivity contribution in [1.29, 1.82) is 0 Å². The quantitative estimate of drug-likeness (QED) is 0.798. The number of aromatic nitrogens is 1. The van der Waals surface area contributed by atoms with Crippen molar-refractivity contribution in [3.63, 3.8) is 0 Å². The van der Waals surface area contributed by atoms with E-state index in [-0.39, 0.29) is 5.41 Å². The van der Waals surface area contributed by atoms with Gasteiger partial charge in [-0.3, -0.25) is 0 Å². The first-order chi connectivity index (χ1) is 7.97. The molecule has 96 valence electrons. The van der Waals surface area contributed by atoms with Gasteiger partial charge in [0.1, 0.15) is 0 Å². The summed E-state index contributed by atoms with van der Waals surface area (Å²) in [6.45, 7) is 10.6. The van der Waals surface area contributed by atoms with Crippen molar-refractivity contribution in [2.75, 3.05) is 13.7 Å². The van der Waals surface area contributed by atoms with Crippen LogP contribution < -0.4 is 10.1 Å². The molecule has 1 heterocycles. The summed E-state index contributed by atoms with van der Waals surface area (Å²) in [4.78, 5) is 4.50. The smallest absolute Gasteiger partial charge is 0.213 e. The molecule has 1 rings (SSSR count). The Morgan fingerprint density at radius 2 is 2.00 bits per heavy atom. The average Bonchev–Trinajstić information content (AvgIpc) is 2.28. The van der Waals surface area contributed by atoms with E-state index >= 15 is 0 Å². The monoisotopic (exact) mass is 236 g/mol. The first-order valence-electron chi connectivity index (χ1n) is 6.23.